The Morgan fingerprint density at radius 2 is 1.82 bits per heavy atom. The molecule has 0 aliphatic heterocycles. The van der Waals surface area contributed by atoms with Gasteiger partial charge in [0.25, 0.3) is 0 Å². The molecule has 0 unspecified atom stereocenters. The molecule has 0 amide bonds. The van der Waals surface area contributed by atoms with Gasteiger partial charge in [-0.2, -0.15) is 0 Å². The second-order valence-electron chi connectivity index (χ2n) is 1.84. The van der Waals surface area contributed by atoms with Crippen molar-refractivity contribution >= 4 is 11.9 Å². The first-order chi connectivity index (χ1) is 4.54. The zero-order chi connectivity index (χ0) is 8.15. The van der Waals surface area contributed by atoms with Crippen molar-refractivity contribution in [3.05, 3.63) is 0 Å². The van der Waals surface area contributed by atoms with Crippen LogP contribution in [0, 0.1) is 0 Å². The molecule has 0 saturated heterocycles. The van der Waals surface area contributed by atoms with E-state index >= 15 is 0 Å². The van der Waals surface area contributed by atoms with E-state index in [9.17, 15) is 19.8 Å². The summed E-state index contributed by atoms with van der Waals surface area (Å²) in [6.07, 6.45) is -0.500. The predicted octanol–water partition coefficient (Wildman–Crippen LogP) is -3.41. The summed E-state index contributed by atoms with van der Waals surface area (Å²) in [5, 5.41) is 19.6. The van der Waals surface area contributed by atoms with E-state index in [-0.39, 0.29) is 29.9 Å². The SMILES string of the molecule is N[C@@H](CCC(=O)[O-])C(=O)[O-].[Fe+2]. The summed E-state index contributed by atoms with van der Waals surface area (Å²) in [7, 11) is 0. The Labute approximate surface area is 74.0 Å². The molecule has 0 aliphatic rings. The zero-order valence-corrected chi connectivity index (χ0v) is 6.66. The molecule has 6 heteroatoms. The van der Waals surface area contributed by atoms with Crippen molar-refractivity contribution < 1.29 is 36.9 Å². The summed E-state index contributed by atoms with van der Waals surface area (Å²) in [4.78, 5) is 19.6. The monoisotopic (exact) mass is 201 g/mol. The number of hydrogen-bond donors (Lipinski definition) is 1. The Balaban J connectivity index is 0. The maximum absolute atomic E-state index is 9.86. The van der Waals surface area contributed by atoms with Crippen molar-refractivity contribution in [1.82, 2.24) is 0 Å². The summed E-state index contributed by atoms with van der Waals surface area (Å²) in [6, 6.07) is -1.21. The summed E-state index contributed by atoms with van der Waals surface area (Å²) < 4.78 is 0. The number of carbonyl (C=O) groups excluding carboxylic acids is 2. The van der Waals surface area contributed by atoms with Crippen LogP contribution >= 0.6 is 0 Å². The van der Waals surface area contributed by atoms with E-state index in [2.05, 4.69) is 0 Å². The maximum atomic E-state index is 9.86. The van der Waals surface area contributed by atoms with Crippen molar-refractivity contribution in [1.29, 1.82) is 0 Å². The van der Waals surface area contributed by atoms with Crippen molar-refractivity contribution in [3.63, 3.8) is 0 Å². The van der Waals surface area contributed by atoms with Crippen molar-refractivity contribution in [2.24, 2.45) is 5.73 Å². The number of aliphatic carboxylic acids is 2. The Hall–Kier alpha value is -0.581. The molecule has 0 rings (SSSR count). The largest absolute Gasteiger partial charge is 2.00 e. The summed E-state index contributed by atoms with van der Waals surface area (Å²) >= 11 is 0. The number of hydrogen-bond acceptors (Lipinski definition) is 5. The minimum Gasteiger partial charge on any atom is -0.550 e. The van der Waals surface area contributed by atoms with Gasteiger partial charge in [0.15, 0.2) is 0 Å². The topological polar surface area (TPSA) is 106 Å². The van der Waals surface area contributed by atoms with E-state index in [1.807, 2.05) is 0 Å². The first-order valence-electron chi connectivity index (χ1n) is 2.70. The van der Waals surface area contributed by atoms with Crippen LogP contribution in [0.25, 0.3) is 0 Å². The molecular formula is C5H7FeNO4. The minimum atomic E-state index is -1.44. The van der Waals surface area contributed by atoms with Gasteiger partial charge in [0, 0.05) is 12.0 Å². The van der Waals surface area contributed by atoms with E-state index in [0.29, 0.717) is 0 Å². The Bertz CT molecular complexity index is 149. The van der Waals surface area contributed by atoms with Crippen molar-refractivity contribution in [2.75, 3.05) is 0 Å². The molecule has 11 heavy (non-hydrogen) atoms. The van der Waals surface area contributed by atoms with Gasteiger partial charge in [-0.25, -0.2) is 0 Å². The smallest absolute Gasteiger partial charge is 0.550 e. The molecule has 5 nitrogen and oxygen atoms in total. The summed E-state index contributed by atoms with van der Waals surface area (Å²) in [5.41, 5.74) is 4.91. The van der Waals surface area contributed by atoms with Gasteiger partial charge >= 0.3 is 17.1 Å². The van der Waals surface area contributed by atoms with E-state index in [4.69, 9.17) is 5.73 Å². The molecule has 0 radical (unpaired) electrons. The van der Waals surface area contributed by atoms with Gasteiger partial charge in [-0.05, 0) is 12.8 Å². The van der Waals surface area contributed by atoms with Crippen molar-refractivity contribution in [2.45, 2.75) is 18.9 Å². The molecule has 0 fully saturated rings. The van der Waals surface area contributed by atoms with Crippen molar-refractivity contribution in [3.8, 4) is 0 Å². The van der Waals surface area contributed by atoms with Crippen LogP contribution in [-0.2, 0) is 26.7 Å². The molecule has 0 aliphatic carbocycles. The van der Waals surface area contributed by atoms with Gasteiger partial charge < -0.3 is 25.5 Å². The zero-order valence-electron chi connectivity index (χ0n) is 5.56. The number of carboxylic acid groups (broad SMARTS) is 2. The second-order valence-corrected chi connectivity index (χ2v) is 1.84. The molecule has 64 valence electrons. The van der Waals surface area contributed by atoms with Crippen LogP contribution in [0.15, 0.2) is 0 Å². The number of nitrogens with two attached hydrogens (primary N) is 1. The average molecular weight is 201 g/mol. The van der Waals surface area contributed by atoms with Crippen LogP contribution < -0.4 is 15.9 Å². The van der Waals surface area contributed by atoms with E-state index in [0.717, 1.165) is 0 Å². The fraction of sp³-hybridized carbons (Fsp3) is 0.600. The standard InChI is InChI=1S/C5H9NO4.Fe/c6-3(5(9)10)1-2-4(7)8;/h3H,1-2,6H2,(H,7,8)(H,9,10);/q;+2/p-2/t3-;/m0./s1. The van der Waals surface area contributed by atoms with E-state index in [1.54, 1.807) is 0 Å². The van der Waals surface area contributed by atoms with Gasteiger partial charge in [0.1, 0.15) is 0 Å². The number of rotatable bonds is 4. The molecule has 0 spiro atoms. The third-order valence-electron chi connectivity index (χ3n) is 0.962. The fourth-order valence-corrected chi connectivity index (χ4v) is 0.391. The van der Waals surface area contributed by atoms with Gasteiger partial charge in [-0.1, -0.05) is 0 Å². The van der Waals surface area contributed by atoms with Crippen LogP contribution in [0.1, 0.15) is 12.8 Å². The van der Waals surface area contributed by atoms with Crippen LogP contribution in [-0.4, -0.2) is 18.0 Å². The van der Waals surface area contributed by atoms with E-state index < -0.39 is 18.0 Å². The fourth-order valence-electron chi connectivity index (χ4n) is 0.391. The molecule has 0 aromatic rings. The van der Waals surface area contributed by atoms with Gasteiger partial charge in [-0.3, -0.25) is 0 Å². The normalized spacial score (nSPS) is 11.4. The van der Waals surface area contributed by atoms with Crippen LogP contribution in [0.4, 0.5) is 0 Å². The molecule has 2 N–H and O–H groups in total. The third-order valence-corrected chi connectivity index (χ3v) is 0.962. The Morgan fingerprint density at radius 3 is 2.09 bits per heavy atom. The predicted molar refractivity (Wildman–Crippen MR) is 27.2 cm³/mol. The summed E-state index contributed by atoms with van der Waals surface area (Å²) in [6.45, 7) is 0. The number of carbonyl (C=O) groups is 2. The molecule has 0 aromatic carbocycles. The van der Waals surface area contributed by atoms with Crippen LogP contribution in [0.5, 0.6) is 0 Å². The van der Waals surface area contributed by atoms with E-state index in [1.165, 1.54) is 0 Å². The van der Waals surface area contributed by atoms with Gasteiger partial charge in [0.2, 0.25) is 0 Å². The average Bonchev–Trinajstić information content (AvgIpc) is 1.82. The molecule has 1 atom stereocenters. The maximum Gasteiger partial charge on any atom is 2.00 e. The van der Waals surface area contributed by atoms with Gasteiger partial charge in [0.05, 0.1) is 5.97 Å². The summed E-state index contributed by atoms with van der Waals surface area (Å²) in [5.74, 6) is -2.75. The first-order valence-corrected chi connectivity index (χ1v) is 2.70. The molecule has 0 heterocycles. The third kappa shape index (κ3) is 7.31. The Morgan fingerprint density at radius 1 is 1.36 bits per heavy atom. The molecule has 0 bridgehead atoms. The number of carboxylic acids is 2. The molecule has 0 saturated carbocycles. The quantitative estimate of drug-likeness (QED) is 0.477. The molecular weight excluding hydrogens is 194 g/mol. The second kappa shape index (κ2) is 6.15. The van der Waals surface area contributed by atoms with Crippen LogP contribution in [0.2, 0.25) is 0 Å². The van der Waals surface area contributed by atoms with Crippen LogP contribution in [0.3, 0.4) is 0 Å². The minimum absolute atomic E-state index is 0. The molecule has 0 aromatic heterocycles. The Kier molecular flexibility index (Phi) is 7.29. The van der Waals surface area contributed by atoms with Gasteiger partial charge in [-0.15, -0.1) is 0 Å². The first kappa shape index (κ1) is 13.0.